The smallest absolute Gasteiger partial charge is 0.283 e. The number of fused-ring (bicyclic) bond motifs is 1. The molecule has 2 heterocycles. The SMILES string of the molecule is COc1ccc(/C=N\n2cnc3sc(Sc4ccccc4[N+](=O)[O-])cc3c2=O)cc1OC. The highest BCUT2D eigenvalue weighted by Gasteiger charge is 2.16. The molecule has 0 aliphatic rings. The summed E-state index contributed by atoms with van der Waals surface area (Å²) < 4.78 is 12.4. The molecule has 2 aromatic heterocycles. The number of benzene rings is 2. The van der Waals surface area contributed by atoms with Crippen molar-refractivity contribution in [3.8, 4) is 11.5 Å². The molecule has 11 heteroatoms. The fourth-order valence-electron chi connectivity index (χ4n) is 2.89. The lowest BCUT2D eigenvalue weighted by Crippen LogP contribution is -2.16. The highest BCUT2D eigenvalue weighted by Crippen LogP contribution is 2.39. The van der Waals surface area contributed by atoms with Gasteiger partial charge in [0.25, 0.3) is 11.2 Å². The summed E-state index contributed by atoms with van der Waals surface area (Å²) >= 11 is 2.52. The lowest BCUT2D eigenvalue weighted by atomic mass is 10.2. The summed E-state index contributed by atoms with van der Waals surface area (Å²) in [5.74, 6) is 1.14. The van der Waals surface area contributed by atoms with Gasteiger partial charge in [-0.25, -0.2) is 4.98 Å². The monoisotopic (exact) mass is 468 g/mol. The van der Waals surface area contributed by atoms with Crippen LogP contribution in [0.1, 0.15) is 5.56 Å². The Morgan fingerprint density at radius 3 is 2.69 bits per heavy atom. The molecular weight excluding hydrogens is 452 g/mol. The van der Waals surface area contributed by atoms with Gasteiger partial charge in [-0.15, -0.1) is 11.3 Å². The van der Waals surface area contributed by atoms with Crippen LogP contribution in [0.15, 0.2) is 73.9 Å². The Kier molecular flexibility index (Phi) is 6.19. The summed E-state index contributed by atoms with van der Waals surface area (Å²) in [6.07, 6.45) is 2.87. The number of nitro groups is 1. The van der Waals surface area contributed by atoms with Crippen LogP contribution in [0.2, 0.25) is 0 Å². The first kappa shape index (κ1) is 21.5. The van der Waals surface area contributed by atoms with Crippen LogP contribution in [-0.4, -0.2) is 35.0 Å². The maximum absolute atomic E-state index is 12.9. The van der Waals surface area contributed by atoms with Crippen molar-refractivity contribution in [2.45, 2.75) is 9.10 Å². The zero-order valence-corrected chi connectivity index (χ0v) is 18.6. The summed E-state index contributed by atoms with van der Waals surface area (Å²) in [6, 6.07) is 13.4. The molecule has 32 heavy (non-hydrogen) atoms. The second-order valence-electron chi connectivity index (χ2n) is 6.36. The van der Waals surface area contributed by atoms with Crippen molar-refractivity contribution in [2.75, 3.05) is 14.2 Å². The normalized spacial score (nSPS) is 11.2. The lowest BCUT2D eigenvalue weighted by Gasteiger charge is -2.07. The van der Waals surface area contributed by atoms with E-state index < -0.39 is 4.92 Å². The Morgan fingerprint density at radius 1 is 1.16 bits per heavy atom. The first-order valence-electron chi connectivity index (χ1n) is 9.19. The van der Waals surface area contributed by atoms with E-state index in [0.29, 0.717) is 32.2 Å². The molecule has 9 nitrogen and oxygen atoms in total. The first-order chi connectivity index (χ1) is 15.5. The number of hydrogen-bond acceptors (Lipinski definition) is 9. The first-order valence-corrected chi connectivity index (χ1v) is 10.8. The standard InChI is InChI=1S/C21H16N4O5S2/c1-29-16-8-7-13(9-17(16)30-2)11-23-24-12-22-20-14(21(24)26)10-19(32-20)31-18-6-4-3-5-15(18)25(27)28/h3-12H,1-2H3/b23-11-. The molecule has 0 aliphatic heterocycles. The number of nitro benzene ring substituents is 1. The fraction of sp³-hybridized carbons (Fsp3) is 0.0952. The third-order valence-corrected chi connectivity index (χ3v) is 6.65. The Balaban J connectivity index is 1.63. The van der Waals surface area contributed by atoms with Crippen molar-refractivity contribution in [1.29, 1.82) is 0 Å². The number of methoxy groups -OCH3 is 2. The zero-order chi connectivity index (χ0) is 22.7. The molecule has 0 unspecified atom stereocenters. The maximum atomic E-state index is 12.9. The van der Waals surface area contributed by atoms with Gasteiger partial charge in [-0.3, -0.25) is 14.9 Å². The number of para-hydroxylation sites is 1. The summed E-state index contributed by atoms with van der Waals surface area (Å²) in [6.45, 7) is 0. The summed E-state index contributed by atoms with van der Waals surface area (Å²) in [4.78, 5) is 29.0. The highest BCUT2D eigenvalue weighted by molar-refractivity contribution is 8.01. The van der Waals surface area contributed by atoms with Gasteiger partial charge in [0.2, 0.25) is 0 Å². The predicted molar refractivity (Wildman–Crippen MR) is 124 cm³/mol. The van der Waals surface area contributed by atoms with Gasteiger partial charge in [0.1, 0.15) is 11.2 Å². The summed E-state index contributed by atoms with van der Waals surface area (Å²) in [5.41, 5.74) is 0.393. The minimum absolute atomic E-state index is 0.0137. The topological polar surface area (TPSA) is 109 Å². The molecule has 0 aliphatic carbocycles. The van der Waals surface area contributed by atoms with Crippen molar-refractivity contribution in [1.82, 2.24) is 9.66 Å². The van der Waals surface area contributed by atoms with Gasteiger partial charge in [-0.1, -0.05) is 23.9 Å². The fourth-order valence-corrected chi connectivity index (χ4v) is 5.07. The lowest BCUT2D eigenvalue weighted by molar-refractivity contribution is -0.387. The largest absolute Gasteiger partial charge is 0.493 e. The van der Waals surface area contributed by atoms with Gasteiger partial charge >= 0.3 is 0 Å². The molecule has 0 saturated heterocycles. The van der Waals surface area contributed by atoms with Crippen LogP contribution < -0.4 is 15.0 Å². The molecule has 4 aromatic rings. The summed E-state index contributed by atoms with van der Waals surface area (Å²) in [7, 11) is 3.09. The molecule has 0 bridgehead atoms. The van der Waals surface area contributed by atoms with Crippen molar-refractivity contribution < 1.29 is 14.4 Å². The molecule has 0 amide bonds. The van der Waals surface area contributed by atoms with Crippen molar-refractivity contribution >= 4 is 45.2 Å². The average Bonchev–Trinajstić information content (AvgIpc) is 3.22. The molecule has 0 radical (unpaired) electrons. The number of thiophene rings is 1. The number of hydrogen-bond donors (Lipinski definition) is 0. The molecule has 4 rings (SSSR count). The van der Waals surface area contributed by atoms with Crippen LogP contribution in [-0.2, 0) is 0 Å². The van der Waals surface area contributed by atoms with E-state index in [1.165, 1.54) is 48.8 Å². The zero-order valence-electron chi connectivity index (χ0n) is 16.9. The summed E-state index contributed by atoms with van der Waals surface area (Å²) in [5, 5.41) is 15.9. The molecular formula is C21H16N4O5S2. The van der Waals surface area contributed by atoms with E-state index in [1.54, 1.807) is 49.6 Å². The van der Waals surface area contributed by atoms with E-state index in [1.807, 2.05) is 0 Å². The Hall–Kier alpha value is -3.70. The molecule has 0 spiro atoms. The Labute approximate surface area is 190 Å². The maximum Gasteiger partial charge on any atom is 0.283 e. The van der Waals surface area contributed by atoms with Gasteiger partial charge in [0.15, 0.2) is 11.5 Å². The van der Waals surface area contributed by atoms with Gasteiger partial charge < -0.3 is 9.47 Å². The minimum Gasteiger partial charge on any atom is -0.493 e. The predicted octanol–water partition coefficient (Wildman–Crippen LogP) is 4.42. The van der Waals surface area contributed by atoms with Gasteiger partial charge in [-0.05, 0) is 35.9 Å². The average molecular weight is 469 g/mol. The van der Waals surface area contributed by atoms with Crippen LogP contribution in [0.5, 0.6) is 11.5 Å². The van der Waals surface area contributed by atoms with E-state index in [4.69, 9.17) is 9.47 Å². The second-order valence-corrected chi connectivity index (χ2v) is 8.74. The van der Waals surface area contributed by atoms with Gasteiger partial charge in [0.05, 0.1) is 39.8 Å². The quantitative estimate of drug-likeness (QED) is 0.224. The second kappa shape index (κ2) is 9.20. The molecule has 2 aromatic carbocycles. The Bertz CT molecular complexity index is 1400. The van der Waals surface area contributed by atoms with Crippen molar-refractivity contribution in [2.24, 2.45) is 5.10 Å². The van der Waals surface area contributed by atoms with Crippen LogP contribution in [0.3, 0.4) is 0 Å². The number of aromatic nitrogens is 2. The highest BCUT2D eigenvalue weighted by atomic mass is 32.2. The Morgan fingerprint density at radius 2 is 1.94 bits per heavy atom. The molecule has 162 valence electrons. The minimum atomic E-state index is -0.427. The number of ether oxygens (including phenoxy) is 2. The van der Waals surface area contributed by atoms with E-state index in [0.717, 1.165) is 8.89 Å². The van der Waals surface area contributed by atoms with E-state index >= 15 is 0 Å². The van der Waals surface area contributed by atoms with Crippen LogP contribution in [0.25, 0.3) is 10.2 Å². The van der Waals surface area contributed by atoms with Crippen molar-refractivity contribution in [3.05, 3.63) is 80.9 Å². The van der Waals surface area contributed by atoms with E-state index in [9.17, 15) is 14.9 Å². The molecule has 0 N–H and O–H groups in total. The third kappa shape index (κ3) is 4.34. The van der Waals surface area contributed by atoms with Crippen LogP contribution in [0, 0.1) is 10.1 Å². The number of rotatable bonds is 7. The molecule has 0 atom stereocenters. The van der Waals surface area contributed by atoms with Crippen LogP contribution in [0.4, 0.5) is 5.69 Å². The van der Waals surface area contributed by atoms with E-state index in [2.05, 4.69) is 10.1 Å². The van der Waals surface area contributed by atoms with Gasteiger partial charge in [0, 0.05) is 6.07 Å². The third-order valence-electron chi connectivity index (χ3n) is 4.42. The molecule has 0 fully saturated rings. The van der Waals surface area contributed by atoms with Gasteiger partial charge in [-0.2, -0.15) is 9.78 Å². The number of nitrogens with zero attached hydrogens (tertiary/aromatic N) is 4. The molecule has 0 saturated carbocycles. The van der Waals surface area contributed by atoms with E-state index in [-0.39, 0.29) is 11.2 Å². The van der Waals surface area contributed by atoms with Crippen molar-refractivity contribution in [3.63, 3.8) is 0 Å². The van der Waals surface area contributed by atoms with Crippen LogP contribution >= 0.6 is 23.1 Å².